The number of aliphatic hydroxyl groups is 2. The molecule has 1 fully saturated rings. The standard InChI is InChI=1S/C32H41N3O3/c1-24(32(38,27-13-7-3-8-14-27)28-15-9-4-10-16-28)34-31(37)35-29-19-17-25(18-20-29)21-22-33-30(23-36)26-11-5-2-6-12-26/h2-16,24-25,29-30,33,36,38H,17-23H2,1H3,(H2,34,35,37)/t24-,25-,29-,30-/m1/s1. The topological polar surface area (TPSA) is 93.6 Å². The largest absolute Gasteiger partial charge is 0.394 e. The van der Waals surface area contributed by atoms with Crippen LogP contribution in [0.5, 0.6) is 0 Å². The van der Waals surface area contributed by atoms with Crippen LogP contribution in [0.2, 0.25) is 0 Å². The van der Waals surface area contributed by atoms with E-state index < -0.39 is 11.6 Å². The molecule has 0 radical (unpaired) electrons. The van der Waals surface area contributed by atoms with Crippen molar-refractivity contribution in [1.82, 2.24) is 16.0 Å². The van der Waals surface area contributed by atoms with Gasteiger partial charge in [-0.1, -0.05) is 91.0 Å². The predicted molar refractivity (Wildman–Crippen MR) is 152 cm³/mol. The number of rotatable bonds is 11. The molecule has 3 aromatic rings. The summed E-state index contributed by atoms with van der Waals surface area (Å²) in [6, 6.07) is 28.3. The molecule has 0 aromatic heterocycles. The molecule has 0 unspecified atom stereocenters. The van der Waals surface area contributed by atoms with E-state index in [1.165, 1.54) is 0 Å². The van der Waals surface area contributed by atoms with Crippen molar-refractivity contribution in [3.63, 3.8) is 0 Å². The minimum atomic E-state index is -1.35. The Morgan fingerprint density at radius 3 is 1.92 bits per heavy atom. The number of carbonyl (C=O) groups is 1. The fraction of sp³-hybridized carbons (Fsp3) is 0.406. The minimum absolute atomic E-state index is 0.0368. The monoisotopic (exact) mass is 515 g/mol. The van der Waals surface area contributed by atoms with Crippen LogP contribution in [0, 0.1) is 5.92 Å². The average Bonchev–Trinajstić information content (AvgIpc) is 2.97. The van der Waals surface area contributed by atoms with Crippen molar-refractivity contribution in [2.75, 3.05) is 13.2 Å². The van der Waals surface area contributed by atoms with E-state index in [9.17, 15) is 15.0 Å². The quantitative estimate of drug-likeness (QED) is 0.252. The van der Waals surface area contributed by atoms with Crippen LogP contribution in [0.25, 0.3) is 0 Å². The summed E-state index contributed by atoms with van der Waals surface area (Å²) >= 11 is 0. The summed E-state index contributed by atoms with van der Waals surface area (Å²) in [7, 11) is 0. The highest BCUT2D eigenvalue weighted by Crippen LogP contribution is 2.33. The van der Waals surface area contributed by atoms with Crippen molar-refractivity contribution in [3.05, 3.63) is 108 Å². The Balaban J connectivity index is 1.25. The van der Waals surface area contributed by atoms with E-state index in [0.29, 0.717) is 5.92 Å². The Bertz CT molecular complexity index is 1060. The van der Waals surface area contributed by atoms with Crippen LogP contribution in [-0.2, 0) is 5.60 Å². The molecule has 1 aliphatic rings. The number of nitrogens with one attached hydrogen (secondary N) is 3. The van der Waals surface area contributed by atoms with Crippen molar-refractivity contribution in [2.24, 2.45) is 5.92 Å². The van der Waals surface area contributed by atoms with E-state index in [2.05, 4.69) is 16.0 Å². The Kier molecular flexibility index (Phi) is 9.93. The number of urea groups is 1. The number of aliphatic hydroxyl groups excluding tert-OH is 1. The second kappa shape index (κ2) is 13.6. The van der Waals surface area contributed by atoms with Crippen molar-refractivity contribution in [3.8, 4) is 0 Å². The third-order valence-electron chi connectivity index (χ3n) is 7.91. The van der Waals surface area contributed by atoms with Gasteiger partial charge >= 0.3 is 6.03 Å². The van der Waals surface area contributed by atoms with Gasteiger partial charge in [0, 0.05) is 6.04 Å². The van der Waals surface area contributed by atoms with E-state index in [1.807, 2.05) is 97.9 Å². The molecule has 202 valence electrons. The summed E-state index contributed by atoms with van der Waals surface area (Å²) in [5, 5.41) is 31.2. The van der Waals surface area contributed by atoms with Gasteiger partial charge in [-0.25, -0.2) is 4.79 Å². The molecule has 2 amide bonds. The first kappa shape index (κ1) is 27.8. The van der Waals surface area contributed by atoms with Crippen LogP contribution in [0.3, 0.4) is 0 Å². The van der Waals surface area contributed by atoms with Crippen molar-refractivity contribution in [1.29, 1.82) is 0 Å². The zero-order valence-electron chi connectivity index (χ0n) is 22.2. The normalized spacial score (nSPS) is 19.3. The molecule has 0 saturated heterocycles. The molecule has 6 heteroatoms. The van der Waals surface area contributed by atoms with Gasteiger partial charge in [0.2, 0.25) is 0 Å². The second-order valence-electron chi connectivity index (χ2n) is 10.4. The zero-order valence-corrected chi connectivity index (χ0v) is 22.2. The van der Waals surface area contributed by atoms with Gasteiger partial charge in [-0.3, -0.25) is 0 Å². The molecule has 6 nitrogen and oxygen atoms in total. The van der Waals surface area contributed by atoms with Crippen LogP contribution >= 0.6 is 0 Å². The summed E-state index contributed by atoms with van der Waals surface area (Å²) in [5.41, 5.74) is 1.23. The van der Waals surface area contributed by atoms with Gasteiger partial charge in [-0.05, 0) is 68.2 Å². The number of amides is 2. The molecule has 1 saturated carbocycles. The molecule has 2 atom stereocenters. The average molecular weight is 516 g/mol. The summed E-state index contributed by atoms with van der Waals surface area (Å²) in [6.07, 6.45) is 5.07. The molecule has 0 bridgehead atoms. The van der Waals surface area contributed by atoms with Crippen molar-refractivity contribution in [2.45, 2.75) is 62.8 Å². The van der Waals surface area contributed by atoms with Gasteiger partial charge in [0.05, 0.1) is 18.7 Å². The highest BCUT2D eigenvalue weighted by Gasteiger charge is 2.38. The van der Waals surface area contributed by atoms with Crippen molar-refractivity contribution >= 4 is 6.03 Å². The number of carbonyl (C=O) groups excluding carboxylic acids is 1. The Hall–Kier alpha value is -3.19. The highest BCUT2D eigenvalue weighted by atomic mass is 16.3. The second-order valence-corrected chi connectivity index (χ2v) is 10.4. The molecule has 4 rings (SSSR count). The maximum Gasteiger partial charge on any atom is 0.315 e. The Morgan fingerprint density at radius 2 is 1.39 bits per heavy atom. The van der Waals surface area contributed by atoms with E-state index in [0.717, 1.165) is 55.3 Å². The third kappa shape index (κ3) is 7.01. The zero-order chi connectivity index (χ0) is 26.8. The number of hydrogen-bond acceptors (Lipinski definition) is 4. The maximum atomic E-state index is 13.0. The summed E-state index contributed by atoms with van der Waals surface area (Å²) in [4.78, 5) is 13.0. The van der Waals surface area contributed by atoms with E-state index in [4.69, 9.17) is 0 Å². The minimum Gasteiger partial charge on any atom is -0.394 e. The molecule has 3 aromatic carbocycles. The molecular weight excluding hydrogens is 474 g/mol. The van der Waals surface area contributed by atoms with Gasteiger partial charge in [0.1, 0.15) is 5.60 Å². The fourth-order valence-corrected chi connectivity index (χ4v) is 5.61. The first-order valence-corrected chi connectivity index (χ1v) is 13.8. The van der Waals surface area contributed by atoms with Gasteiger partial charge in [-0.2, -0.15) is 0 Å². The molecular formula is C32H41N3O3. The van der Waals surface area contributed by atoms with Crippen LogP contribution in [-0.4, -0.2) is 41.5 Å². The predicted octanol–water partition coefficient (Wildman–Crippen LogP) is 4.88. The molecule has 0 heterocycles. The van der Waals surface area contributed by atoms with Gasteiger partial charge < -0.3 is 26.2 Å². The summed E-state index contributed by atoms with van der Waals surface area (Å²) in [5.74, 6) is 0.610. The van der Waals surface area contributed by atoms with Crippen molar-refractivity contribution < 1.29 is 15.0 Å². The summed E-state index contributed by atoms with van der Waals surface area (Å²) < 4.78 is 0. The lowest BCUT2D eigenvalue weighted by atomic mass is 9.81. The van der Waals surface area contributed by atoms with E-state index >= 15 is 0 Å². The van der Waals surface area contributed by atoms with Crippen LogP contribution in [0.4, 0.5) is 4.79 Å². The first-order chi connectivity index (χ1) is 18.5. The highest BCUT2D eigenvalue weighted by molar-refractivity contribution is 5.75. The molecule has 5 N–H and O–H groups in total. The molecule has 1 aliphatic carbocycles. The molecule has 38 heavy (non-hydrogen) atoms. The van der Waals surface area contributed by atoms with Crippen LogP contribution in [0.15, 0.2) is 91.0 Å². The number of benzene rings is 3. The van der Waals surface area contributed by atoms with E-state index in [1.54, 1.807) is 0 Å². The van der Waals surface area contributed by atoms with Crippen LogP contribution < -0.4 is 16.0 Å². The molecule has 0 spiro atoms. The lowest BCUT2D eigenvalue weighted by Gasteiger charge is -2.36. The van der Waals surface area contributed by atoms with Crippen LogP contribution in [0.1, 0.15) is 61.8 Å². The third-order valence-corrected chi connectivity index (χ3v) is 7.91. The lowest BCUT2D eigenvalue weighted by Crippen LogP contribution is -2.54. The fourth-order valence-electron chi connectivity index (χ4n) is 5.61. The Morgan fingerprint density at radius 1 is 0.868 bits per heavy atom. The first-order valence-electron chi connectivity index (χ1n) is 13.8. The van der Waals surface area contributed by atoms with Gasteiger partial charge in [-0.15, -0.1) is 0 Å². The number of hydrogen-bond donors (Lipinski definition) is 5. The lowest BCUT2D eigenvalue weighted by molar-refractivity contribution is 0.0470. The van der Waals surface area contributed by atoms with Gasteiger partial charge in [0.15, 0.2) is 0 Å². The Labute approximate surface area is 226 Å². The maximum absolute atomic E-state index is 13.0. The van der Waals surface area contributed by atoms with E-state index in [-0.39, 0.29) is 24.7 Å². The SMILES string of the molecule is C[C@@H](NC(=O)N[C@H]1CC[C@H](CCN[C@H](CO)c2ccccc2)CC1)C(O)(c1ccccc1)c1ccccc1. The summed E-state index contributed by atoms with van der Waals surface area (Å²) in [6.45, 7) is 2.79. The smallest absolute Gasteiger partial charge is 0.315 e. The molecule has 0 aliphatic heterocycles. The van der Waals surface area contributed by atoms with Gasteiger partial charge in [0.25, 0.3) is 0 Å².